The normalized spacial score (nSPS) is 15.4. The van der Waals surface area contributed by atoms with Crippen molar-refractivity contribution < 1.29 is 44.3 Å². The van der Waals surface area contributed by atoms with Gasteiger partial charge in [-0.1, -0.05) is 17.9 Å². The number of nitrogens with two attached hydrogens (primary N) is 1. The zero-order chi connectivity index (χ0) is 30.0. The highest BCUT2D eigenvalue weighted by Gasteiger charge is 2.38. The van der Waals surface area contributed by atoms with E-state index in [4.69, 9.17) is 10.6 Å². The Bertz CT molecular complexity index is 1200. The van der Waals surface area contributed by atoms with Crippen LogP contribution in [0.3, 0.4) is 0 Å². The Hall–Kier alpha value is -3.33. The Morgan fingerprint density at radius 3 is 1.93 bits per heavy atom. The molecule has 1 aliphatic rings. The topological polar surface area (TPSA) is 66.5 Å². The van der Waals surface area contributed by atoms with Gasteiger partial charge in [-0.3, -0.25) is 0 Å². The van der Waals surface area contributed by atoms with Gasteiger partial charge in [0.1, 0.15) is 5.82 Å². The monoisotopic (exact) mass is 583 g/mol. The Balaban J connectivity index is 2.12. The van der Waals surface area contributed by atoms with Crippen LogP contribution < -0.4 is 5.84 Å². The molecule has 1 fully saturated rings. The minimum atomic E-state index is -5.09. The van der Waals surface area contributed by atoms with Crippen LogP contribution in [0.5, 0.6) is 0 Å². The molecule has 2 aromatic rings. The van der Waals surface area contributed by atoms with E-state index in [1.54, 1.807) is 0 Å². The number of benzene rings is 2. The van der Waals surface area contributed by atoms with Crippen molar-refractivity contribution >= 4 is 0 Å². The van der Waals surface area contributed by atoms with Crippen molar-refractivity contribution in [1.29, 1.82) is 0 Å². The Kier molecular flexibility index (Phi) is 9.09. The van der Waals surface area contributed by atoms with E-state index >= 15 is 0 Å². The van der Waals surface area contributed by atoms with Crippen molar-refractivity contribution in [3.05, 3.63) is 82.2 Å². The quantitative estimate of drug-likeness (QED) is 0.136. The van der Waals surface area contributed by atoms with E-state index in [9.17, 15) is 39.5 Å². The first kappa shape index (κ1) is 31.2. The van der Waals surface area contributed by atoms with Gasteiger partial charge in [-0.25, -0.2) is 11.0 Å². The summed E-state index contributed by atoms with van der Waals surface area (Å²) in [5, 5.41) is 8.04. The molecule has 220 valence electrons. The molecule has 0 heterocycles. The second-order valence-electron chi connectivity index (χ2n) is 9.35. The lowest BCUT2D eigenvalue weighted by atomic mass is 9.96. The van der Waals surface area contributed by atoms with Crippen LogP contribution in [0, 0.1) is 5.92 Å². The van der Waals surface area contributed by atoms with Crippen LogP contribution in [0.2, 0.25) is 0 Å². The number of methoxy groups -OCH3 is 1. The molecule has 1 atom stereocenters. The zero-order valence-corrected chi connectivity index (χ0v) is 21.3. The van der Waals surface area contributed by atoms with Gasteiger partial charge in [-0.2, -0.15) is 39.5 Å². The Morgan fingerprint density at radius 2 is 1.48 bits per heavy atom. The fourth-order valence-electron chi connectivity index (χ4n) is 4.13. The molecule has 1 saturated carbocycles. The van der Waals surface area contributed by atoms with Crippen molar-refractivity contribution in [2.24, 2.45) is 22.1 Å². The molecule has 6 nitrogen and oxygen atoms in total. The van der Waals surface area contributed by atoms with E-state index in [2.05, 4.69) is 16.9 Å². The SMILES string of the molecule is C=C(/N=N\N(C)N)N(Cc1cc(C(F)(F)F)cc(C(F)(F)F)c1)Cc1cc(C(F)(F)F)ccc1C(OC)C1CC1. The summed E-state index contributed by atoms with van der Waals surface area (Å²) in [5.41, 5.74) is -4.04. The number of nitrogens with zero attached hydrogens (tertiary/aromatic N) is 4. The summed E-state index contributed by atoms with van der Waals surface area (Å²) >= 11 is 0. The first-order valence-electron chi connectivity index (χ1n) is 11.7. The van der Waals surface area contributed by atoms with Gasteiger partial charge >= 0.3 is 18.5 Å². The molecule has 2 aromatic carbocycles. The molecule has 15 heteroatoms. The number of hydrogen-bond acceptors (Lipinski definition) is 5. The molecule has 0 aromatic heterocycles. The second-order valence-corrected chi connectivity index (χ2v) is 9.35. The van der Waals surface area contributed by atoms with Crippen LogP contribution in [0.1, 0.15) is 52.3 Å². The maximum atomic E-state index is 13.6. The van der Waals surface area contributed by atoms with E-state index in [0.29, 0.717) is 17.7 Å². The molecule has 0 aliphatic heterocycles. The molecule has 1 unspecified atom stereocenters. The fourth-order valence-corrected chi connectivity index (χ4v) is 4.13. The third kappa shape index (κ3) is 8.10. The van der Waals surface area contributed by atoms with Crippen molar-refractivity contribution in [3.63, 3.8) is 0 Å². The highest BCUT2D eigenvalue weighted by atomic mass is 19.4. The second kappa shape index (κ2) is 11.6. The summed E-state index contributed by atoms with van der Waals surface area (Å²) in [4.78, 5) is 1.11. The summed E-state index contributed by atoms with van der Waals surface area (Å²) in [7, 11) is 2.68. The van der Waals surface area contributed by atoms with E-state index in [0.717, 1.165) is 35.0 Å². The molecule has 1 aliphatic carbocycles. The number of hydrogen-bond donors (Lipinski definition) is 1. The van der Waals surface area contributed by atoms with Gasteiger partial charge in [0.25, 0.3) is 0 Å². The van der Waals surface area contributed by atoms with Crippen LogP contribution in [0.25, 0.3) is 0 Å². The molecule has 0 spiro atoms. The van der Waals surface area contributed by atoms with Gasteiger partial charge in [-0.05, 0) is 65.8 Å². The summed E-state index contributed by atoms with van der Waals surface area (Å²) in [6.07, 6.45) is -13.9. The predicted octanol–water partition coefficient (Wildman–Crippen LogP) is 7.49. The van der Waals surface area contributed by atoms with Gasteiger partial charge < -0.3 is 9.64 Å². The standard InChI is InChI=1S/C25H26F9N5O/c1-14(36-37-38(2)35)39(12-15-8-19(24(29,30)31)11-20(9-15)25(32,33)34)13-17-10-18(23(26,27)28)6-7-21(17)22(40-3)16-4-5-16/h6-11,16,22H,1,4-5,12-13,35H2,2-3H3/b37-36-. The Morgan fingerprint density at radius 1 is 0.925 bits per heavy atom. The lowest BCUT2D eigenvalue weighted by molar-refractivity contribution is -0.143. The third-order valence-electron chi connectivity index (χ3n) is 6.13. The van der Waals surface area contributed by atoms with E-state index in [-0.39, 0.29) is 23.4 Å². The first-order chi connectivity index (χ1) is 18.4. The lowest BCUT2D eigenvalue weighted by Crippen LogP contribution is -2.24. The largest absolute Gasteiger partial charge is 0.416 e. The van der Waals surface area contributed by atoms with Gasteiger partial charge in [0.2, 0.25) is 0 Å². The molecular formula is C25H26F9N5O. The summed E-state index contributed by atoms with van der Waals surface area (Å²) in [6.45, 7) is 2.61. The number of halogens is 9. The maximum Gasteiger partial charge on any atom is 0.416 e. The summed E-state index contributed by atoms with van der Waals surface area (Å²) in [5.74, 6) is 5.16. The molecule has 40 heavy (non-hydrogen) atoms. The average molecular weight is 583 g/mol. The highest BCUT2D eigenvalue weighted by molar-refractivity contribution is 5.37. The minimum absolute atomic E-state index is 0.0184. The van der Waals surface area contributed by atoms with Gasteiger partial charge in [0.05, 0.1) is 22.8 Å². The average Bonchev–Trinajstić information content (AvgIpc) is 3.66. The van der Waals surface area contributed by atoms with Crippen molar-refractivity contribution in [2.45, 2.75) is 50.6 Å². The fraction of sp³-hybridized carbons (Fsp3) is 0.440. The van der Waals surface area contributed by atoms with Gasteiger partial charge in [0, 0.05) is 27.2 Å². The van der Waals surface area contributed by atoms with E-state index in [1.807, 2.05) is 0 Å². The van der Waals surface area contributed by atoms with Crippen molar-refractivity contribution in [2.75, 3.05) is 14.2 Å². The smallest absolute Gasteiger partial charge is 0.376 e. The van der Waals surface area contributed by atoms with Crippen molar-refractivity contribution in [1.82, 2.24) is 10.0 Å². The van der Waals surface area contributed by atoms with Crippen LogP contribution in [0.15, 0.2) is 59.1 Å². The molecule has 3 rings (SSSR count). The molecule has 0 bridgehead atoms. The molecule has 2 N–H and O–H groups in total. The lowest BCUT2D eigenvalue weighted by Gasteiger charge is -2.28. The number of rotatable bonds is 10. The van der Waals surface area contributed by atoms with Crippen LogP contribution in [0.4, 0.5) is 39.5 Å². The van der Waals surface area contributed by atoms with E-state index < -0.39 is 60.0 Å². The zero-order valence-electron chi connectivity index (χ0n) is 21.3. The predicted molar refractivity (Wildman–Crippen MR) is 126 cm³/mol. The summed E-state index contributed by atoms with van der Waals surface area (Å²) in [6, 6.07) is 4.04. The number of ether oxygens (including phenoxy) is 1. The molecular weight excluding hydrogens is 557 g/mol. The summed E-state index contributed by atoms with van der Waals surface area (Å²) < 4.78 is 127. The number of alkyl halides is 9. The van der Waals surface area contributed by atoms with E-state index in [1.165, 1.54) is 20.2 Å². The molecule has 0 radical (unpaired) electrons. The first-order valence-corrected chi connectivity index (χ1v) is 11.7. The third-order valence-corrected chi connectivity index (χ3v) is 6.13. The van der Waals surface area contributed by atoms with Gasteiger partial charge in [0.15, 0.2) is 0 Å². The molecule has 0 amide bonds. The van der Waals surface area contributed by atoms with Crippen LogP contribution >= 0.6 is 0 Å². The highest BCUT2D eigenvalue weighted by Crippen LogP contribution is 2.45. The van der Waals surface area contributed by atoms with Crippen molar-refractivity contribution in [3.8, 4) is 0 Å². The minimum Gasteiger partial charge on any atom is -0.376 e. The van der Waals surface area contributed by atoms with Crippen LogP contribution in [-0.4, -0.2) is 24.2 Å². The van der Waals surface area contributed by atoms with Crippen LogP contribution in [-0.2, 0) is 36.4 Å². The molecule has 0 saturated heterocycles. The van der Waals surface area contributed by atoms with Gasteiger partial charge in [-0.15, -0.1) is 5.11 Å². The Labute approximate surface area is 223 Å². The maximum absolute atomic E-state index is 13.6. The number of hydrazine groups is 1.